The SMILES string of the molecule is CCCCCCC/C=C\C/C=C\CCCCCCCCCCCCCCCCCCCCCCCCCC(=O)NC(COP(=O)([O-])OCC[N+](C)(C)C)C(O)/C=C/CCCCCCCCCCCCCCCCCCCCCCCCCC. The zero-order valence-corrected chi connectivity index (χ0v) is 57.3. The van der Waals surface area contributed by atoms with Gasteiger partial charge in [-0.15, -0.1) is 0 Å². The first-order chi connectivity index (χ1) is 40.5. The number of carbonyl (C=O) groups is 1. The maximum absolute atomic E-state index is 13.1. The van der Waals surface area contributed by atoms with Gasteiger partial charge in [0.25, 0.3) is 7.82 Å². The lowest BCUT2D eigenvalue weighted by atomic mass is 10.0. The van der Waals surface area contributed by atoms with Crippen molar-refractivity contribution in [3.05, 3.63) is 36.5 Å². The summed E-state index contributed by atoms with van der Waals surface area (Å²) < 4.78 is 23.5. The number of aliphatic hydroxyl groups is 1. The Kier molecular flexibility index (Phi) is 64.2. The minimum Gasteiger partial charge on any atom is -0.756 e. The van der Waals surface area contributed by atoms with Gasteiger partial charge in [0.15, 0.2) is 0 Å². The molecule has 8 nitrogen and oxygen atoms in total. The molecule has 0 aromatic heterocycles. The molecule has 0 saturated carbocycles. The lowest BCUT2D eigenvalue weighted by Crippen LogP contribution is -2.45. The predicted octanol–water partition coefficient (Wildman–Crippen LogP) is 23.0. The van der Waals surface area contributed by atoms with Crippen molar-refractivity contribution in [3.63, 3.8) is 0 Å². The number of hydrogen-bond donors (Lipinski definition) is 2. The standard InChI is InChI=1S/C74H145N2O6P/c1-6-8-10-12-14-16-18-20-22-24-26-28-30-32-34-35-36-37-38-39-40-41-42-44-46-48-50-52-54-56-58-60-62-64-66-68-74(78)75-72(71-82-83(79,80)81-70-69-76(3,4)5)73(77)67-65-63-61-59-57-55-53-51-49-47-45-43-33-31-29-27-25-23-21-19-17-15-13-11-9-7-2/h18,20,24,26,65,67,72-73,77H,6-17,19,21-23,25,27-64,66,68-71H2,1-5H3,(H-,75,78,79,80)/b20-18-,26-24-,67-65+. The molecule has 0 aliphatic heterocycles. The maximum atomic E-state index is 13.1. The van der Waals surface area contributed by atoms with E-state index in [9.17, 15) is 19.4 Å². The van der Waals surface area contributed by atoms with Gasteiger partial charge in [0.05, 0.1) is 39.9 Å². The van der Waals surface area contributed by atoms with Crippen molar-refractivity contribution in [3.8, 4) is 0 Å². The Morgan fingerprint density at radius 3 is 1.00 bits per heavy atom. The Morgan fingerprint density at radius 2 is 0.699 bits per heavy atom. The summed E-state index contributed by atoms with van der Waals surface area (Å²) in [6.45, 7) is 4.70. The van der Waals surface area contributed by atoms with Crippen LogP contribution in [0.2, 0.25) is 0 Å². The van der Waals surface area contributed by atoms with Crippen LogP contribution in [0.5, 0.6) is 0 Å². The minimum atomic E-state index is -4.60. The first kappa shape index (κ1) is 81.7. The van der Waals surface area contributed by atoms with Crippen LogP contribution in [0, 0.1) is 0 Å². The van der Waals surface area contributed by atoms with E-state index < -0.39 is 20.0 Å². The molecule has 2 N–H and O–H groups in total. The lowest BCUT2D eigenvalue weighted by Gasteiger charge is -2.29. The van der Waals surface area contributed by atoms with Crippen molar-refractivity contribution in [1.29, 1.82) is 0 Å². The summed E-state index contributed by atoms with van der Waals surface area (Å²) >= 11 is 0. The second kappa shape index (κ2) is 65.2. The van der Waals surface area contributed by atoms with Crippen LogP contribution in [0.3, 0.4) is 0 Å². The van der Waals surface area contributed by atoms with E-state index in [0.29, 0.717) is 17.4 Å². The molecule has 0 radical (unpaired) electrons. The number of allylic oxidation sites excluding steroid dienone is 5. The van der Waals surface area contributed by atoms with E-state index >= 15 is 0 Å². The molecule has 1 amide bonds. The first-order valence-corrected chi connectivity index (χ1v) is 38.3. The average Bonchev–Trinajstić information content (AvgIpc) is 3.49. The van der Waals surface area contributed by atoms with Crippen LogP contribution in [0.4, 0.5) is 0 Å². The van der Waals surface area contributed by atoms with Crippen molar-refractivity contribution in [2.75, 3.05) is 40.9 Å². The summed E-state index contributed by atoms with van der Waals surface area (Å²) in [6.07, 6.45) is 87.1. The minimum absolute atomic E-state index is 0.00152. The van der Waals surface area contributed by atoms with E-state index in [4.69, 9.17) is 9.05 Å². The van der Waals surface area contributed by atoms with Gasteiger partial charge < -0.3 is 28.8 Å². The molecule has 0 aliphatic rings. The summed E-state index contributed by atoms with van der Waals surface area (Å²) in [5, 5.41) is 14.0. The molecule has 0 aromatic rings. The normalized spacial score (nSPS) is 13.8. The van der Waals surface area contributed by atoms with Crippen LogP contribution in [0.15, 0.2) is 36.5 Å². The highest BCUT2D eigenvalue weighted by atomic mass is 31.2. The number of quaternary nitrogens is 1. The molecular formula is C74H145N2O6P. The van der Waals surface area contributed by atoms with Gasteiger partial charge in [0, 0.05) is 6.42 Å². The van der Waals surface area contributed by atoms with Crippen molar-refractivity contribution >= 4 is 13.7 Å². The van der Waals surface area contributed by atoms with Gasteiger partial charge in [-0.1, -0.05) is 359 Å². The molecule has 0 aliphatic carbocycles. The number of unbranched alkanes of at least 4 members (excludes halogenated alkanes) is 52. The van der Waals surface area contributed by atoms with Crippen molar-refractivity contribution in [2.45, 2.75) is 392 Å². The highest BCUT2D eigenvalue weighted by molar-refractivity contribution is 7.45. The number of likely N-dealkylation sites (N-methyl/N-ethyl adjacent to an activating group) is 1. The predicted molar refractivity (Wildman–Crippen MR) is 362 cm³/mol. The average molecular weight is 1190 g/mol. The van der Waals surface area contributed by atoms with E-state index in [1.165, 1.54) is 315 Å². The number of rotatable bonds is 69. The van der Waals surface area contributed by atoms with Crippen LogP contribution < -0.4 is 10.2 Å². The molecule has 3 unspecified atom stereocenters. The second-order valence-electron chi connectivity index (χ2n) is 26.7. The number of phosphoric acid groups is 1. The molecule has 9 heteroatoms. The number of amides is 1. The fourth-order valence-corrected chi connectivity index (χ4v) is 12.1. The van der Waals surface area contributed by atoms with Crippen molar-refractivity contribution in [2.24, 2.45) is 0 Å². The molecule has 3 atom stereocenters. The maximum Gasteiger partial charge on any atom is 0.268 e. The van der Waals surface area contributed by atoms with Crippen LogP contribution in [-0.4, -0.2) is 68.5 Å². The highest BCUT2D eigenvalue weighted by Crippen LogP contribution is 2.38. The highest BCUT2D eigenvalue weighted by Gasteiger charge is 2.23. The van der Waals surface area contributed by atoms with E-state index in [0.717, 1.165) is 44.9 Å². The Balaban J connectivity index is 3.98. The van der Waals surface area contributed by atoms with Gasteiger partial charge in [-0.05, 0) is 51.4 Å². The van der Waals surface area contributed by atoms with Gasteiger partial charge in [-0.3, -0.25) is 9.36 Å². The van der Waals surface area contributed by atoms with Gasteiger partial charge >= 0.3 is 0 Å². The van der Waals surface area contributed by atoms with Crippen LogP contribution in [0.1, 0.15) is 380 Å². The topological polar surface area (TPSA) is 108 Å². The number of hydrogen-bond acceptors (Lipinski definition) is 6. The van der Waals surface area contributed by atoms with Gasteiger partial charge in [0.1, 0.15) is 13.2 Å². The molecule has 0 fully saturated rings. The van der Waals surface area contributed by atoms with E-state index in [1.807, 2.05) is 27.2 Å². The molecule has 0 heterocycles. The Hall–Kier alpha value is -1.28. The quantitative estimate of drug-likeness (QED) is 0.0272. The molecule has 0 saturated heterocycles. The number of nitrogens with one attached hydrogen (secondary N) is 1. The Labute approximate surface area is 518 Å². The number of carbonyl (C=O) groups excluding carboxylic acids is 1. The van der Waals surface area contributed by atoms with E-state index in [2.05, 4.69) is 43.5 Å². The van der Waals surface area contributed by atoms with Crippen LogP contribution >= 0.6 is 7.82 Å². The van der Waals surface area contributed by atoms with Gasteiger partial charge in [0.2, 0.25) is 5.91 Å². The van der Waals surface area contributed by atoms with Gasteiger partial charge in [-0.25, -0.2) is 0 Å². The third kappa shape index (κ3) is 68.1. The molecule has 0 aromatic carbocycles. The fourth-order valence-electron chi connectivity index (χ4n) is 11.4. The number of aliphatic hydroxyl groups excluding tert-OH is 1. The molecule has 492 valence electrons. The smallest absolute Gasteiger partial charge is 0.268 e. The first-order valence-electron chi connectivity index (χ1n) is 36.9. The zero-order valence-electron chi connectivity index (χ0n) is 56.4. The molecule has 0 bridgehead atoms. The van der Waals surface area contributed by atoms with Crippen LogP contribution in [0.25, 0.3) is 0 Å². The Bertz CT molecular complexity index is 1450. The summed E-state index contributed by atoms with van der Waals surface area (Å²) in [6, 6.07) is -0.886. The molecule has 0 spiro atoms. The summed E-state index contributed by atoms with van der Waals surface area (Å²) in [5.74, 6) is -0.189. The van der Waals surface area contributed by atoms with Crippen molar-refractivity contribution in [1.82, 2.24) is 5.32 Å². The number of nitrogens with zero attached hydrogens (tertiary/aromatic N) is 1. The monoisotopic (exact) mass is 1190 g/mol. The summed E-state index contributed by atoms with van der Waals surface area (Å²) in [7, 11) is 1.28. The third-order valence-corrected chi connectivity index (χ3v) is 18.1. The number of phosphoric ester groups is 1. The van der Waals surface area contributed by atoms with E-state index in [-0.39, 0.29) is 19.1 Å². The molecule has 83 heavy (non-hydrogen) atoms. The van der Waals surface area contributed by atoms with Crippen LogP contribution in [-0.2, 0) is 18.4 Å². The van der Waals surface area contributed by atoms with Gasteiger partial charge in [-0.2, -0.15) is 0 Å². The lowest BCUT2D eigenvalue weighted by molar-refractivity contribution is -0.870. The molecular weight excluding hydrogens is 1040 g/mol. The summed E-state index contributed by atoms with van der Waals surface area (Å²) in [4.78, 5) is 25.7. The Morgan fingerprint density at radius 1 is 0.422 bits per heavy atom. The summed E-state index contributed by atoms with van der Waals surface area (Å²) in [5.41, 5.74) is 0. The molecule has 0 rings (SSSR count). The zero-order chi connectivity index (χ0) is 60.5. The fraction of sp³-hybridized carbons (Fsp3) is 0.905. The largest absolute Gasteiger partial charge is 0.756 e. The van der Waals surface area contributed by atoms with Crippen molar-refractivity contribution < 1.29 is 32.9 Å². The third-order valence-electron chi connectivity index (χ3n) is 17.1. The van der Waals surface area contributed by atoms with E-state index in [1.54, 1.807) is 6.08 Å². The second-order valence-corrected chi connectivity index (χ2v) is 28.1.